The largest absolute Gasteiger partial charge is 0.423 e. The summed E-state index contributed by atoms with van der Waals surface area (Å²) >= 11 is 0. The van der Waals surface area contributed by atoms with Gasteiger partial charge in [0.1, 0.15) is 11.8 Å². The Morgan fingerprint density at radius 2 is 1.82 bits per heavy atom. The zero-order chi connectivity index (χ0) is 15.8. The predicted octanol–water partition coefficient (Wildman–Crippen LogP) is 3.05. The van der Waals surface area contributed by atoms with Crippen molar-refractivity contribution in [3.8, 4) is 22.9 Å². The van der Waals surface area contributed by atoms with Crippen molar-refractivity contribution in [3.05, 3.63) is 66.8 Å². The van der Waals surface area contributed by atoms with Gasteiger partial charge in [-0.25, -0.2) is 14.8 Å². The minimum Gasteiger partial charge on any atom is -0.423 e. The van der Waals surface area contributed by atoms with Gasteiger partial charge in [0.2, 0.25) is 5.82 Å². The van der Waals surface area contributed by atoms with Gasteiger partial charge in [-0.1, -0.05) is 30.4 Å². The van der Waals surface area contributed by atoms with Gasteiger partial charge in [-0.15, -0.1) is 0 Å². The van der Waals surface area contributed by atoms with E-state index in [1.165, 1.54) is 6.08 Å². The number of nitrogens with zero attached hydrogens (tertiary/aromatic N) is 3. The van der Waals surface area contributed by atoms with Crippen molar-refractivity contribution in [3.63, 3.8) is 0 Å². The van der Waals surface area contributed by atoms with Crippen LogP contribution in [-0.4, -0.2) is 15.9 Å². The number of esters is 1. The summed E-state index contributed by atoms with van der Waals surface area (Å²) in [5, 5.41) is 8.66. The average Bonchev–Trinajstić information content (AvgIpc) is 2.56. The van der Waals surface area contributed by atoms with Gasteiger partial charge in [-0.3, -0.25) is 0 Å². The fourth-order valence-electron chi connectivity index (χ4n) is 1.65. The Hall–Kier alpha value is -3.26. The topological polar surface area (TPSA) is 75.9 Å². The van der Waals surface area contributed by atoms with E-state index in [0.717, 1.165) is 11.1 Å². The van der Waals surface area contributed by atoms with Gasteiger partial charge < -0.3 is 4.74 Å². The van der Waals surface area contributed by atoms with Gasteiger partial charge in [-0.05, 0) is 24.6 Å². The number of ether oxygens (including phenoxy) is 1. The number of rotatable bonds is 4. The van der Waals surface area contributed by atoms with Crippen molar-refractivity contribution in [2.24, 2.45) is 0 Å². The molecule has 5 heteroatoms. The summed E-state index contributed by atoms with van der Waals surface area (Å²) in [5.41, 5.74) is 1.65. The maximum absolute atomic E-state index is 11.5. The number of hydrogen-bond donors (Lipinski definition) is 0. The number of allylic oxidation sites excluding steroid dienone is 3. The van der Waals surface area contributed by atoms with Crippen LogP contribution in [0.1, 0.15) is 12.7 Å². The Balaban J connectivity index is 2.06. The molecule has 5 nitrogen and oxygen atoms in total. The third kappa shape index (κ3) is 4.12. The first kappa shape index (κ1) is 15.1. The van der Waals surface area contributed by atoms with E-state index in [1.807, 2.05) is 19.1 Å². The molecule has 0 N–H and O–H groups in total. The second-order valence-corrected chi connectivity index (χ2v) is 4.24. The fourth-order valence-corrected chi connectivity index (χ4v) is 1.65. The number of carbonyl (C=O) groups excluding carboxylic acids is 1. The summed E-state index contributed by atoms with van der Waals surface area (Å²) in [6, 6.07) is 8.83. The van der Waals surface area contributed by atoms with Crippen molar-refractivity contribution in [2.45, 2.75) is 6.92 Å². The van der Waals surface area contributed by atoms with Crippen LogP contribution in [0.4, 0.5) is 0 Å². The number of benzene rings is 1. The first-order valence-corrected chi connectivity index (χ1v) is 6.56. The normalized spacial score (nSPS) is 10.7. The Morgan fingerprint density at radius 1 is 1.14 bits per heavy atom. The summed E-state index contributed by atoms with van der Waals surface area (Å²) in [6.45, 7) is 1.86. The van der Waals surface area contributed by atoms with Crippen molar-refractivity contribution < 1.29 is 9.53 Å². The number of carbonyl (C=O) groups is 1. The molecule has 0 saturated carbocycles. The molecule has 0 aliphatic rings. The van der Waals surface area contributed by atoms with Crippen LogP contribution in [0.2, 0.25) is 0 Å². The maximum atomic E-state index is 11.5. The van der Waals surface area contributed by atoms with Crippen LogP contribution in [0.25, 0.3) is 11.1 Å². The molecule has 0 aliphatic heterocycles. The number of hydrogen-bond acceptors (Lipinski definition) is 5. The maximum Gasteiger partial charge on any atom is 0.336 e. The first-order chi connectivity index (χ1) is 10.7. The molecule has 22 heavy (non-hydrogen) atoms. The Morgan fingerprint density at radius 3 is 2.41 bits per heavy atom. The Bertz CT molecular complexity index is 739. The minimum absolute atomic E-state index is 0.127. The second-order valence-electron chi connectivity index (χ2n) is 4.24. The van der Waals surface area contributed by atoms with E-state index < -0.39 is 5.97 Å². The molecule has 1 aromatic carbocycles. The van der Waals surface area contributed by atoms with Crippen LogP contribution in [0, 0.1) is 11.3 Å². The third-order valence-electron chi connectivity index (χ3n) is 2.69. The second kappa shape index (κ2) is 7.50. The molecule has 0 radical (unpaired) electrons. The minimum atomic E-state index is -0.437. The highest BCUT2D eigenvalue weighted by Crippen LogP contribution is 2.21. The molecule has 0 fully saturated rings. The highest BCUT2D eigenvalue weighted by Gasteiger charge is 2.03. The lowest BCUT2D eigenvalue weighted by molar-refractivity contribution is -0.128. The summed E-state index contributed by atoms with van der Waals surface area (Å²) in [5.74, 6) is 0.142. The molecule has 0 aliphatic carbocycles. The molecular weight excluding hydrogens is 278 g/mol. The predicted molar refractivity (Wildman–Crippen MR) is 81.8 cm³/mol. The van der Waals surface area contributed by atoms with Crippen LogP contribution >= 0.6 is 0 Å². The monoisotopic (exact) mass is 291 g/mol. The van der Waals surface area contributed by atoms with E-state index in [9.17, 15) is 4.79 Å². The van der Waals surface area contributed by atoms with Crippen molar-refractivity contribution in [2.75, 3.05) is 0 Å². The van der Waals surface area contributed by atoms with Gasteiger partial charge in [0.25, 0.3) is 0 Å². The molecule has 108 valence electrons. The fraction of sp³-hybridized carbons (Fsp3) is 0.0588. The van der Waals surface area contributed by atoms with E-state index in [1.54, 1.807) is 48.8 Å². The molecule has 2 aromatic rings. The van der Waals surface area contributed by atoms with Crippen molar-refractivity contribution in [1.82, 2.24) is 9.97 Å². The third-order valence-corrected chi connectivity index (χ3v) is 2.69. The Labute approximate surface area is 128 Å². The highest BCUT2D eigenvalue weighted by molar-refractivity contribution is 5.84. The molecule has 0 saturated heterocycles. The smallest absolute Gasteiger partial charge is 0.336 e. The summed E-state index contributed by atoms with van der Waals surface area (Å²) in [6.07, 6.45) is 9.68. The molecule has 1 aromatic heterocycles. The molecular formula is C17H13N3O2. The molecule has 1 heterocycles. The SMILES string of the molecule is C/C=C/C=C/C(=O)Oc1ccc(-c2cnc(C#N)nc2)cc1. The lowest BCUT2D eigenvalue weighted by Gasteiger charge is -2.04. The summed E-state index contributed by atoms with van der Waals surface area (Å²) < 4.78 is 5.15. The van der Waals surface area contributed by atoms with Crippen LogP contribution in [0.15, 0.2) is 61.0 Å². The first-order valence-electron chi connectivity index (χ1n) is 6.56. The molecule has 2 rings (SSSR count). The van der Waals surface area contributed by atoms with E-state index in [-0.39, 0.29) is 5.82 Å². The average molecular weight is 291 g/mol. The van der Waals surface area contributed by atoms with Gasteiger partial charge in [0.15, 0.2) is 0 Å². The zero-order valence-electron chi connectivity index (χ0n) is 11.9. The standard InChI is InChI=1S/C17H13N3O2/c1-2-3-4-5-17(21)22-15-8-6-13(7-9-15)14-11-19-16(10-18)20-12-14/h2-9,11-12H,1H3/b3-2+,5-4+. The van der Waals surface area contributed by atoms with E-state index in [4.69, 9.17) is 10.00 Å². The quantitative estimate of drug-likeness (QED) is 0.374. The zero-order valence-corrected chi connectivity index (χ0v) is 11.9. The van der Waals surface area contributed by atoms with Crippen LogP contribution < -0.4 is 4.74 Å². The summed E-state index contributed by atoms with van der Waals surface area (Å²) in [7, 11) is 0. The van der Waals surface area contributed by atoms with Gasteiger partial charge in [-0.2, -0.15) is 5.26 Å². The summed E-state index contributed by atoms with van der Waals surface area (Å²) in [4.78, 5) is 19.3. The number of aromatic nitrogens is 2. The van der Waals surface area contributed by atoms with Gasteiger partial charge in [0, 0.05) is 24.0 Å². The van der Waals surface area contributed by atoms with Crippen molar-refractivity contribution in [1.29, 1.82) is 5.26 Å². The van der Waals surface area contributed by atoms with E-state index in [2.05, 4.69) is 9.97 Å². The van der Waals surface area contributed by atoms with E-state index in [0.29, 0.717) is 5.75 Å². The van der Waals surface area contributed by atoms with Crippen LogP contribution in [-0.2, 0) is 4.79 Å². The van der Waals surface area contributed by atoms with E-state index >= 15 is 0 Å². The van der Waals surface area contributed by atoms with Crippen molar-refractivity contribution >= 4 is 5.97 Å². The molecule has 0 unspecified atom stereocenters. The molecule has 0 spiro atoms. The highest BCUT2D eigenvalue weighted by atomic mass is 16.5. The van der Waals surface area contributed by atoms with Crippen LogP contribution in [0.3, 0.4) is 0 Å². The van der Waals surface area contributed by atoms with Crippen LogP contribution in [0.5, 0.6) is 5.75 Å². The Kier molecular flexibility index (Phi) is 5.16. The molecule has 0 amide bonds. The van der Waals surface area contributed by atoms with Gasteiger partial charge in [0.05, 0.1) is 0 Å². The lowest BCUT2D eigenvalue weighted by Crippen LogP contribution is -2.03. The number of nitriles is 1. The molecule has 0 bridgehead atoms. The lowest BCUT2D eigenvalue weighted by atomic mass is 10.1. The van der Waals surface area contributed by atoms with Gasteiger partial charge >= 0.3 is 5.97 Å². The molecule has 0 atom stereocenters.